The molecule has 4 heterocycles. The highest BCUT2D eigenvalue weighted by molar-refractivity contribution is 7.47. The summed E-state index contributed by atoms with van der Waals surface area (Å²) in [4.78, 5) is 56.7. The zero-order chi connectivity index (χ0) is 38.9. The fraction of sp³-hybridized carbons (Fsp3) is 0.771. The molecule has 0 spiro atoms. The zero-order valence-electron chi connectivity index (χ0n) is 31.4. The van der Waals surface area contributed by atoms with Crippen LogP contribution in [0.25, 0.3) is 10.4 Å². The van der Waals surface area contributed by atoms with Crippen molar-refractivity contribution < 1.29 is 33.1 Å². The lowest BCUT2D eigenvalue weighted by molar-refractivity contribution is -0.0512. The van der Waals surface area contributed by atoms with Crippen LogP contribution in [0, 0.1) is 6.92 Å². The number of azide groups is 1. The molecule has 19 heteroatoms. The molecular formula is C35H57N8O10P. The molecule has 0 aromatic carbocycles. The first-order valence-electron chi connectivity index (χ1n) is 19.3. The van der Waals surface area contributed by atoms with Gasteiger partial charge < -0.3 is 24.8 Å². The van der Waals surface area contributed by atoms with E-state index in [9.17, 15) is 28.9 Å². The third kappa shape index (κ3) is 13.4. The summed E-state index contributed by atoms with van der Waals surface area (Å²) in [5.74, 6) is 0.430. The number of hydrogen-bond donors (Lipinski definition) is 4. The number of aliphatic hydroxyl groups excluding tert-OH is 1. The lowest BCUT2D eigenvalue weighted by atomic mass is 10.0. The number of aromatic amines is 1. The maximum Gasteiger partial charge on any atom is 0.472 e. The molecule has 2 saturated heterocycles. The number of phosphoric acid groups is 1. The summed E-state index contributed by atoms with van der Waals surface area (Å²) in [6.07, 6.45) is 15.5. The van der Waals surface area contributed by atoms with E-state index >= 15 is 0 Å². The number of rotatable bonds is 25. The Kier molecular flexibility index (Phi) is 17.9. The van der Waals surface area contributed by atoms with E-state index < -0.39 is 74.8 Å². The van der Waals surface area contributed by atoms with Crippen molar-refractivity contribution in [3.8, 4) is 0 Å². The van der Waals surface area contributed by atoms with Crippen LogP contribution in [0.2, 0.25) is 0 Å². The monoisotopic (exact) mass is 780 g/mol. The van der Waals surface area contributed by atoms with Crippen LogP contribution in [0.1, 0.15) is 128 Å². The van der Waals surface area contributed by atoms with Crippen LogP contribution in [0.15, 0.2) is 38.0 Å². The number of hydrogen-bond acceptors (Lipinski definition) is 12. The number of unbranched alkanes of at least 4 members (excludes halogenated alkanes) is 13. The Morgan fingerprint density at radius 2 is 1.59 bits per heavy atom. The maximum atomic E-state index is 13.0. The predicted octanol–water partition coefficient (Wildman–Crippen LogP) is 5.74. The van der Waals surface area contributed by atoms with E-state index in [4.69, 9.17) is 24.1 Å². The van der Waals surface area contributed by atoms with Crippen molar-refractivity contribution in [2.24, 2.45) is 5.11 Å². The van der Waals surface area contributed by atoms with Crippen molar-refractivity contribution in [3.63, 3.8) is 0 Å². The topological polar surface area (TPSA) is 245 Å². The van der Waals surface area contributed by atoms with E-state index in [2.05, 4.69) is 32.2 Å². The normalized spacial score (nSPS) is 23.6. The predicted molar refractivity (Wildman–Crippen MR) is 201 cm³/mol. The lowest BCUT2D eigenvalue weighted by Crippen LogP contribution is -2.33. The highest BCUT2D eigenvalue weighted by atomic mass is 31.2. The van der Waals surface area contributed by atoms with Crippen molar-refractivity contribution in [2.45, 2.75) is 153 Å². The highest BCUT2D eigenvalue weighted by Gasteiger charge is 2.43. The summed E-state index contributed by atoms with van der Waals surface area (Å²) >= 11 is 0. The molecule has 0 radical (unpaired) electrons. The van der Waals surface area contributed by atoms with Crippen molar-refractivity contribution in [1.29, 1.82) is 0 Å². The number of H-pyrrole nitrogens is 1. The summed E-state index contributed by atoms with van der Waals surface area (Å²) in [6, 6.07) is 0.772. The van der Waals surface area contributed by atoms with Gasteiger partial charge in [-0.1, -0.05) is 95.5 Å². The summed E-state index contributed by atoms with van der Waals surface area (Å²) in [7, 11) is -4.81. The lowest BCUT2D eigenvalue weighted by Gasteiger charge is -2.22. The van der Waals surface area contributed by atoms with Gasteiger partial charge in [-0.15, -0.1) is 0 Å². The number of aliphatic hydroxyl groups is 1. The standard InChI is InChI=1S/C35H57N8O10P/c1-3-4-5-6-7-8-9-10-11-12-13-14-15-16-18-37-30-17-19-42(34(46)38-30)32-21-27(28(23-44)51-32)53-54(48,49)50-24-29-26(40-41-36)20-31(52-29)43-22-25(2)33(45)39-35(43)47/h17,19,22,26-29,31-32,44H,3-16,18,20-21,23-24H2,1-2H3,(H,48,49)(H,37,38,46)(H,39,45,47). The molecule has 0 aliphatic carbocycles. The van der Waals surface area contributed by atoms with E-state index in [1.165, 1.54) is 101 Å². The first-order valence-corrected chi connectivity index (χ1v) is 20.8. The molecule has 0 amide bonds. The Bertz CT molecular complexity index is 1730. The van der Waals surface area contributed by atoms with Crippen molar-refractivity contribution in [1.82, 2.24) is 19.1 Å². The number of aromatic nitrogens is 4. The highest BCUT2D eigenvalue weighted by Crippen LogP contribution is 2.49. The van der Waals surface area contributed by atoms with Gasteiger partial charge >= 0.3 is 19.2 Å². The number of aryl methyl sites for hydroxylation is 1. The molecule has 4 rings (SSSR count). The SMILES string of the molecule is CCCCCCCCCCCCCCCCNc1ccn(C2CC(OP(=O)(O)OCC3OC(n4cc(C)c(=O)[nH]c4=O)CC3N=[N+]=[N-])C(CO)O2)c(=O)n1. The molecule has 54 heavy (non-hydrogen) atoms. The van der Waals surface area contributed by atoms with E-state index in [0.717, 1.165) is 17.4 Å². The molecule has 0 bridgehead atoms. The van der Waals surface area contributed by atoms with Crippen molar-refractivity contribution >= 4 is 13.6 Å². The van der Waals surface area contributed by atoms with Gasteiger partial charge in [0.25, 0.3) is 5.56 Å². The Balaban J connectivity index is 1.18. The first-order chi connectivity index (χ1) is 26.0. The average molecular weight is 781 g/mol. The summed E-state index contributed by atoms with van der Waals surface area (Å²) < 4.78 is 37.5. The molecule has 302 valence electrons. The molecule has 2 aliphatic heterocycles. The summed E-state index contributed by atoms with van der Waals surface area (Å²) in [6.45, 7) is 3.32. The molecule has 0 saturated carbocycles. The molecule has 2 aromatic rings. The fourth-order valence-corrected chi connectivity index (χ4v) is 7.77. The number of anilines is 1. The number of phosphoric ester groups is 1. The second-order valence-corrected chi connectivity index (χ2v) is 15.5. The van der Waals surface area contributed by atoms with Crippen LogP contribution in [-0.4, -0.2) is 73.2 Å². The maximum absolute atomic E-state index is 13.0. The second-order valence-electron chi connectivity index (χ2n) is 14.1. The van der Waals surface area contributed by atoms with Gasteiger partial charge in [0.2, 0.25) is 0 Å². The zero-order valence-corrected chi connectivity index (χ0v) is 32.3. The van der Waals surface area contributed by atoms with E-state index in [-0.39, 0.29) is 18.4 Å². The van der Waals surface area contributed by atoms with Crippen LogP contribution >= 0.6 is 7.82 Å². The molecular weight excluding hydrogens is 723 g/mol. The minimum Gasteiger partial charge on any atom is -0.394 e. The van der Waals surface area contributed by atoms with E-state index in [1.807, 2.05) is 0 Å². The Labute approximate surface area is 314 Å². The molecule has 2 fully saturated rings. The third-order valence-electron chi connectivity index (χ3n) is 9.87. The van der Waals surface area contributed by atoms with Gasteiger partial charge in [0.1, 0.15) is 30.5 Å². The molecule has 7 atom stereocenters. The summed E-state index contributed by atoms with van der Waals surface area (Å²) in [5.41, 5.74) is 7.40. The molecule has 2 aromatic heterocycles. The van der Waals surface area contributed by atoms with Crippen molar-refractivity contribution in [3.05, 3.63) is 65.8 Å². The van der Waals surface area contributed by atoms with Gasteiger partial charge in [-0.2, -0.15) is 4.98 Å². The van der Waals surface area contributed by atoms with Crippen LogP contribution in [0.4, 0.5) is 5.82 Å². The molecule has 7 unspecified atom stereocenters. The van der Waals surface area contributed by atoms with E-state index in [1.54, 1.807) is 6.07 Å². The second kappa shape index (κ2) is 22.3. The Morgan fingerprint density at radius 3 is 2.20 bits per heavy atom. The minimum atomic E-state index is -4.81. The van der Waals surface area contributed by atoms with Crippen LogP contribution in [0.3, 0.4) is 0 Å². The van der Waals surface area contributed by atoms with Crippen LogP contribution in [0.5, 0.6) is 0 Å². The van der Waals surface area contributed by atoms with Gasteiger partial charge in [0.05, 0.1) is 25.4 Å². The van der Waals surface area contributed by atoms with Gasteiger partial charge in [0, 0.05) is 42.3 Å². The van der Waals surface area contributed by atoms with Gasteiger partial charge in [0.15, 0.2) is 0 Å². The van der Waals surface area contributed by atoms with E-state index in [0.29, 0.717) is 12.4 Å². The van der Waals surface area contributed by atoms with Crippen LogP contribution < -0.4 is 22.3 Å². The molecule has 18 nitrogen and oxygen atoms in total. The minimum absolute atomic E-state index is 0.0291. The Morgan fingerprint density at radius 1 is 0.981 bits per heavy atom. The summed E-state index contributed by atoms with van der Waals surface area (Å²) in [5, 5.41) is 16.8. The molecule has 4 N–H and O–H groups in total. The van der Waals surface area contributed by atoms with Gasteiger partial charge in [-0.25, -0.2) is 14.2 Å². The fourth-order valence-electron chi connectivity index (χ4n) is 6.81. The number of nitrogens with zero attached hydrogens (tertiary/aromatic N) is 6. The average Bonchev–Trinajstić information content (AvgIpc) is 3.73. The van der Waals surface area contributed by atoms with Gasteiger partial charge in [-0.3, -0.25) is 28.0 Å². The van der Waals surface area contributed by atoms with Gasteiger partial charge in [-0.05, 0) is 24.9 Å². The number of nitrogens with one attached hydrogen (secondary N) is 2. The third-order valence-corrected chi connectivity index (χ3v) is 10.9. The first kappa shape index (κ1) is 43.4. The van der Waals surface area contributed by atoms with Crippen molar-refractivity contribution in [2.75, 3.05) is 25.1 Å². The number of ether oxygens (including phenoxy) is 2. The van der Waals surface area contributed by atoms with Crippen LogP contribution in [-0.2, 0) is 23.1 Å². The smallest absolute Gasteiger partial charge is 0.394 e. The quantitative estimate of drug-likeness (QED) is 0.0310. The Hall–Kier alpha value is -3.34. The largest absolute Gasteiger partial charge is 0.472 e. The molecule has 2 aliphatic rings.